The zero-order valence-electron chi connectivity index (χ0n) is 14.9. The van der Waals surface area contributed by atoms with E-state index in [2.05, 4.69) is 10.5 Å². The molecule has 1 fully saturated rings. The lowest BCUT2D eigenvalue weighted by atomic mass is 10.2. The molecule has 27 heavy (non-hydrogen) atoms. The number of halogens is 1. The lowest BCUT2D eigenvalue weighted by molar-refractivity contribution is -0.123. The van der Waals surface area contributed by atoms with Gasteiger partial charge in [-0.05, 0) is 35.4 Å². The van der Waals surface area contributed by atoms with Crippen molar-refractivity contribution in [1.82, 2.24) is 10.3 Å². The van der Waals surface area contributed by atoms with Crippen molar-refractivity contribution in [2.24, 2.45) is 5.10 Å². The maximum Gasteiger partial charge on any atom is 0.254 e. The zero-order chi connectivity index (χ0) is 18.9. The van der Waals surface area contributed by atoms with Crippen LogP contribution < -0.4 is 10.2 Å². The highest BCUT2D eigenvalue weighted by Crippen LogP contribution is 2.15. The molecule has 1 aliphatic heterocycles. The number of nitrogens with one attached hydrogen (secondary N) is 1. The second-order valence-electron chi connectivity index (χ2n) is 6.17. The summed E-state index contributed by atoms with van der Waals surface area (Å²) in [6.07, 6.45) is 1.60. The van der Waals surface area contributed by atoms with Crippen LogP contribution in [0.15, 0.2) is 53.6 Å². The van der Waals surface area contributed by atoms with Gasteiger partial charge in [-0.25, -0.2) is 5.43 Å². The summed E-state index contributed by atoms with van der Waals surface area (Å²) in [5.41, 5.74) is 4.43. The first-order chi connectivity index (χ1) is 13.2. The smallest absolute Gasteiger partial charge is 0.254 e. The SMILES string of the molecule is O=C(CN1CCOCC1)N/N=C\c1cccc(OCc2ccc(Cl)cc2)c1. The second-order valence-corrected chi connectivity index (χ2v) is 6.61. The van der Waals surface area contributed by atoms with Crippen LogP contribution in [-0.2, 0) is 16.1 Å². The summed E-state index contributed by atoms with van der Waals surface area (Å²) < 4.78 is 11.1. The lowest BCUT2D eigenvalue weighted by Crippen LogP contribution is -2.42. The van der Waals surface area contributed by atoms with E-state index in [0.717, 1.165) is 30.0 Å². The van der Waals surface area contributed by atoms with Crippen molar-refractivity contribution in [3.63, 3.8) is 0 Å². The molecule has 0 unspecified atom stereocenters. The van der Waals surface area contributed by atoms with Crippen molar-refractivity contribution in [2.45, 2.75) is 6.61 Å². The molecule has 0 aromatic heterocycles. The Labute approximate surface area is 163 Å². The molecule has 0 aliphatic carbocycles. The number of ether oxygens (including phenoxy) is 2. The van der Waals surface area contributed by atoms with E-state index in [9.17, 15) is 4.79 Å². The first-order valence-electron chi connectivity index (χ1n) is 8.78. The van der Waals surface area contributed by atoms with Gasteiger partial charge in [0.15, 0.2) is 0 Å². The molecule has 0 atom stereocenters. The highest BCUT2D eigenvalue weighted by molar-refractivity contribution is 6.30. The van der Waals surface area contributed by atoms with E-state index in [-0.39, 0.29) is 5.91 Å². The van der Waals surface area contributed by atoms with Gasteiger partial charge in [-0.1, -0.05) is 35.9 Å². The fraction of sp³-hybridized carbons (Fsp3) is 0.300. The fourth-order valence-electron chi connectivity index (χ4n) is 2.61. The number of amides is 1. The van der Waals surface area contributed by atoms with E-state index >= 15 is 0 Å². The van der Waals surface area contributed by atoms with E-state index in [1.165, 1.54) is 0 Å². The second kappa shape index (κ2) is 10.1. The predicted molar refractivity (Wildman–Crippen MR) is 105 cm³/mol. The number of carbonyl (C=O) groups is 1. The van der Waals surface area contributed by atoms with Crippen molar-refractivity contribution in [3.05, 3.63) is 64.7 Å². The minimum atomic E-state index is -0.136. The van der Waals surface area contributed by atoms with Crippen molar-refractivity contribution in [3.8, 4) is 5.75 Å². The predicted octanol–water partition coefficient (Wildman–Crippen LogP) is 2.70. The largest absolute Gasteiger partial charge is 0.489 e. The third-order valence-corrected chi connectivity index (χ3v) is 4.30. The molecule has 0 radical (unpaired) electrons. The molecule has 1 amide bonds. The summed E-state index contributed by atoms with van der Waals surface area (Å²) in [6.45, 7) is 3.64. The standard InChI is InChI=1S/C20H22ClN3O3/c21-18-6-4-16(5-7-18)15-27-19-3-1-2-17(12-19)13-22-23-20(25)14-24-8-10-26-11-9-24/h1-7,12-13H,8-11,14-15H2,(H,23,25)/b22-13-. The molecule has 1 aliphatic rings. The Hall–Kier alpha value is -2.41. The molecule has 0 spiro atoms. The van der Waals surface area contributed by atoms with E-state index in [0.29, 0.717) is 31.4 Å². The molecular formula is C20H22ClN3O3. The molecule has 7 heteroatoms. The van der Waals surface area contributed by atoms with E-state index in [1.807, 2.05) is 53.4 Å². The minimum Gasteiger partial charge on any atom is -0.489 e. The Morgan fingerprint density at radius 3 is 2.78 bits per heavy atom. The summed E-state index contributed by atoms with van der Waals surface area (Å²) in [5.74, 6) is 0.594. The monoisotopic (exact) mass is 387 g/mol. The average molecular weight is 388 g/mol. The van der Waals surface area contributed by atoms with E-state index in [4.69, 9.17) is 21.1 Å². The summed E-state index contributed by atoms with van der Waals surface area (Å²) >= 11 is 5.88. The van der Waals surface area contributed by atoms with Gasteiger partial charge >= 0.3 is 0 Å². The molecule has 2 aromatic rings. The summed E-state index contributed by atoms with van der Waals surface area (Å²) in [4.78, 5) is 14.0. The van der Waals surface area contributed by atoms with Crippen molar-refractivity contribution >= 4 is 23.7 Å². The normalized spacial score (nSPS) is 15.0. The van der Waals surface area contributed by atoms with Gasteiger partial charge in [0.25, 0.3) is 5.91 Å². The molecule has 1 N–H and O–H groups in total. The Bertz CT molecular complexity index is 774. The number of benzene rings is 2. The van der Waals surface area contributed by atoms with Crippen LogP contribution in [0.4, 0.5) is 0 Å². The number of hydrogen-bond acceptors (Lipinski definition) is 5. The zero-order valence-corrected chi connectivity index (χ0v) is 15.7. The van der Waals surface area contributed by atoms with E-state index in [1.54, 1.807) is 6.21 Å². The summed E-state index contributed by atoms with van der Waals surface area (Å²) in [6, 6.07) is 15.1. The highest BCUT2D eigenvalue weighted by Gasteiger charge is 2.13. The number of carbonyl (C=O) groups excluding carboxylic acids is 1. The van der Waals surface area contributed by atoms with Crippen LogP contribution in [0.1, 0.15) is 11.1 Å². The Balaban J connectivity index is 1.47. The van der Waals surface area contributed by atoms with Gasteiger partial charge in [0.2, 0.25) is 0 Å². The van der Waals surface area contributed by atoms with Crippen LogP contribution in [0.3, 0.4) is 0 Å². The van der Waals surface area contributed by atoms with Crippen LogP contribution in [0.25, 0.3) is 0 Å². The fourth-order valence-corrected chi connectivity index (χ4v) is 2.73. The number of rotatable bonds is 7. The van der Waals surface area contributed by atoms with Gasteiger partial charge in [-0.2, -0.15) is 5.10 Å². The van der Waals surface area contributed by atoms with Crippen molar-refractivity contribution in [2.75, 3.05) is 32.8 Å². The Morgan fingerprint density at radius 1 is 1.22 bits per heavy atom. The van der Waals surface area contributed by atoms with Gasteiger partial charge in [0.1, 0.15) is 12.4 Å². The minimum absolute atomic E-state index is 0.136. The number of hydrazone groups is 1. The molecule has 0 saturated carbocycles. The van der Waals surface area contributed by atoms with Gasteiger partial charge < -0.3 is 9.47 Å². The van der Waals surface area contributed by atoms with Crippen molar-refractivity contribution in [1.29, 1.82) is 0 Å². The first-order valence-corrected chi connectivity index (χ1v) is 9.16. The average Bonchev–Trinajstić information content (AvgIpc) is 2.69. The van der Waals surface area contributed by atoms with Crippen LogP contribution in [-0.4, -0.2) is 49.9 Å². The highest BCUT2D eigenvalue weighted by atomic mass is 35.5. The van der Waals surface area contributed by atoms with Gasteiger partial charge in [-0.3, -0.25) is 9.69 Å². The summed E-state index contributed by atoms with van der Waals surface area (Å²) in [7, 11) is 0. The molecule has 6 nitrogen and oxygen atoms in total. The quantitative estimate of drug-likeness (QED) is 0.586. The topological polar surface area (TPSA) is 63.2 Å². The molecule has 0 bridgehead atoms. The molecule has 2 aromatic carbocycles. The van der Waals surface area contributed by atoms with Crippen LogP contribution in [0.2, 0.25) is 5.02 Å². The van der Waals surface area contributed by atoms with E-state index < -0.39 is 0 Å². The molecular weight excluding hydrogens is 366 g/mol. The maximum atomic E-state index is 11.9. The van der Waals surface area contributed by atoms with Crippen LogP contribution in [0, 0.1) is 0 Å². The Morgan fingerprint density at radius 2 is 2.00 bits per heavy atom. The Kier molecular flexibility index (Phi) is 7.21. The summed E-state index contributed by atoms with van der Waals surface area (Å²) in [5, 5.41) is 4.72. The maximum absolute atomic E-state index is 11.9. The van der Waals surface area contributed by atoms with Gasteiger partial charge in [-0.15, -0.1) is 0 Å². The van der Waals surface area contributed by atoms with Crippen LogP contribution in [0.5, 0.6) is 5.75 Å². The number of nitrogens with zero attached hydrogens (tertiary/aromatic N) is 2. The number of morpholine rings is 1. The third kappa shape index (κ3) is 6.67. The molecule has 142 valence electrons. The molecule has 3 rings (SSSR count). The first kappa shape index (κ1) is 19.4. The molecule has 1 heterocycles. The van der Waals surface area contributed by atoms with Crippen molar-refractivity contribution < 1.29 is 14.3 Å². The molecule has 1 saturated heterocycles. The van der Waals surface area contributed by atoms with Gasteiger partial charge in [0.05, 0.1) is 26.0 Å². The number of hydrogen-bond donors (Lipinski definition) is 1. The van der Waals surface area contributed by atoms with Gasteiger partial charge in [0, 0.05) is 18.1 Å². The third-order valence-electron chi connectivity index (χ3n) is 4.05. The lowest BCUT2D eigenvalue weighted by Gasteiger charge is -2.25. The van der Waals surface area contributed by atoms with Crippen LogP contribution >= 0.6 is 11.6 Å².